The van der Waals surface area contributed by atoms with Crippen molar-refractivity contribution in [3.05, 3.63) is 24.3 Å². The van der Waals surface area contributed by atoms with Crippen molar-refractivity contribution < 1.29 is 13.2 Å². The molecule has 1 aromatic rings. The molecule has 0 amide bonds. The van der Waals surface area contributed by atoms with Gasteiger partial charge in [-0.25, -0.2) is 13.1 Å². The average Bonchev–Trinajstić information content (AvgIpc) is 2.81. The van der Waals surface area contributed by atoms with Crippen LogP contribution < -0.4 is 14.8 Å². The van der Waals surface area contributed by atoms with Crippen LogP contribution in [0.15, 0.2) is 29.2 Å². The van der Waals surface area contributed by atoms with Crippen molar-refractivity contribution in [2.24, 2.45) is 0 Å². The Labute approximate surface area is 113 Å². The molecule has 0 radical (unpaired) electrons. The largest absolute Gasteiger partial charge is 0.495 e. The van der Waals surface area contributed by atoms with Crippen LogP contribution in [0.2, 0.25) is 0 Å². The summed E-state index contributed by atoms with van der Waals surface area (Å²) in [5, 5.41) is 3.12. The molecule has 0 aromatic heterocycles. The molecule has 0 saturated carbocycles. The Morgan fingerprint density at radius 3 is 2.72 bits per heavy atom. The minimum atomic E-state index is -3.50. The van der Waals surface area contributed by atoms with Gasteiger partial charge in [0.25, 0.3) is 0 Å². The molecule has 1 aromatic carbocycles. The maximum atomic E-state index is 12.1. The van der Waals surface area contributed by atoms with E-state index in [0.717, 1.165) is 13.0 Å². The summed E-state index contributed by atoms with van der Waals surface area (Å²) in [7, 11) is -2.04. The summed E-state index contributed by atoms with van der Waals surface area (Å²) in [4.78, 5) is 0.189. The van der Waals surface area contributed by atoms with E-state index in [0.29, 0.717) is 12.3 Å². The highest BCUT2D eigenvalue weighted by molar-refractivity contribution is 7.89. The van der Waals surface area contributed by atoms with E-state index in [9.17, 15) is 8.42 Å². The van der Waals surface area contributed by atoms with Crippen LogP contribution in [0.4, 0.5) is 0 Å². The number of sulfonamides is 1. The quantitative estimate of drug-likeness (QED) is 0.860. The second-order valence-corrected chi connectivity index (χ2v) is 5.64. The summed E-state index contributed by atoms with van der Waals surface area (Å²) in [6.45, 7) is 1.52. The summed E-state index contributed by atoms with van der Waals surface area (Å²) in [6, 6.07) is 6.58. The highest BCUT2D eigenvalue weighted by atomic mass is 35.5. The van der Waals surface area contributed by atoms with Crippen molar-refractivity contribution in [1.82, 2.24) is 10.0 Å². The van der Waals surface area contributed by atoms with Crippen LogP contribution >= 0.6 is 12.4 Å². The fourth-order valence-electron chi connectivity index (χ4n) is 1.88. The predicted octanol–water partition coefficient (Wildman–Crippen LogP) is 0.757. The SMILES string of the molecule is COc1ccccc1S(=O)(=O)NC1CCNC1.Cl. The summed E-state index contributed by atoms with van der Waals surface area (Å²) in [6.07, 6.45) is 0.814. The van der Waals surface area contributed by atoms with Crippen LogP contribution in [0, 0.1) is 0 Å². The van der Waals surface area contributed by atoms with Crippen molar-refractivity contribution in [2.75, 3.05) is 20.2 Å². The van der Waals surface area contributed by atoms with Gasteiger partial charge in [-0.3, -0.25) is 0 Å². The third-order valence-electron chi connectivity index (χ3n) is 2.74. The highest BCUT2D eigenvalue weighted by Gasteiger charge is 2.24. The number of hydrogen-bond acceptors (Lipinski definition) is 4. The molecule has 1 fully saturated rings. The van der Waals surface area contributed by atoms with Crippen molar-refractivity contribution in [2.45, 2.75) is 17.4 Å². The van der Waals surface area contributed by atoms with E-state index in [1.54, 1.807) is 24.3 Å². The number of para-hydroxylation sites is 1. The Kier molecular flexibility index (Phi) is 5.40. The topological polar surface area (TPSA) is 67.4 Å². The Balaban J connectivity index is 0.00000162. The standard InChI is InChI=1S/C11H16N2O3S.ClH/c1-16-10-4-2-3-5-11(10)17(14,15)13-9-6-7-12-8-9;/h2-5,9,12-13H,6-8H2,1H3;1H. The van der Waals surface area contributed by atoms with Gasteiger partial charge < -0.3 is 10.1 Å². The predicted molar refractivity (Wildman–Crippen MR) is 71.8 cm³/mol. The normalized spacial score (nSPS) is 19.3. The number of ether oxygens (including phenoxy) is 1. The number of benzene rings is 1. The molecule has 2 rings (SSSR count). The van der Waals surface area contributed by atoms with Crippen LogP contribution in [0.5, 0.6) is 5.75 Å². The minimum Gasteiger partial charge on any atom is -0.495 e. The van der Waals surface area contributed by atoms with Crippen LogP contribution in [-0.2, 0) is 10.0 Å². The molecule has 7 heteroatoms. The van der Waals surface area contributed by atoms with Crippen molar-refractivity contribution in [3.63, 3.8) is 0 Å². The molecule has 2 N–H and O–H groups in total. The third kappa shape index (κ3) is 3.35. The van der Waals surface area contributed by atoms with Gasteiger partial charge in [-0.05, 0) is 25.1 Å². The molecule has 18 heavy (non-hydrogen) atoms. The van der Waals surface area contributed by atoms with E-state index < -0.39 is 10.0 Å². The minimum absolute atomic E-state index is 0. The summed E-state index contributed by atoms with van der Waals surface area (Å²) < 4.78 is 32.0. The molecule has 5 nitrogen and oxygen atoms in total. The van der Waals surface area contributed by atoms with Gasteiger partial charge in [-0.2, -0.15) is 0 Å². The Morgan fingerprint density at radius 2 is 2.11 bits per heavy atom. The lowest BCUT2D eigenvalue weighted by Crippen LogP contribution is -2.36. The zero-order chi connectivity index (χ0) is 12.3. The van der Waals surface area contributed by atoms with Gasteiger partial charge in [0.15, 0.2) is 0 Å². The van der Waals surface area contributed by atoms with Gasteiger partial charge >= 0.3 is 0 Å². The van der Waals surface area contributed by atoms with Crippen molar-refractivity contribution in [1.29, 1.82) is 0 Å². The van der Waals surface area contributed by atoms with E-state index in [1.165, 1.54) is 7.11 Å². The second kappa shape index (κ2) is 6.38. The zero-order valence-electron chi connectivity index (χ0n) is 10.0. The lowest BCUT2D eigenvalue weighted by atomic mass is 10.3. The molecular formula is C11H17ClN2O3S. The molecule has 1 heterocycles. The molecule has 1 unspecified atom stereocenters. The first-order chi connectivity index (χ1) is 8.13. The first-order valence-electron chi connectivity index (χ1n) is 5.49. The Hall–Kier alpha value is -0.820. The van der Waals surface area contributed by atoms with Crippen LogP contribution in [-0.4, -0.2) is 34.7 Å². The maximum absolute atomic E-state index is 12.1. The van der Waals surface area contributed by atoms with Gasteiger partial charge in [-0.15, -0.1) is 12.4 Å². The lowest BCUT2D eigenvalue weighted by molar-refractivity contribution is 0.402. The van der Waals surface area contributed by atoms with E-state index in [2.05, 4.69) is 10.0 Å². The van der Waals surface area contributed by atoms with E-state index >= 15 is 0 Å². The van der Waals surface area contributed by atoms with Crippen LogP contribution in [0.3, 0.4) is 0 Å². The molecule has 0 spiro atoms. The summed E-state index contributed by atoms with van der Waals surface area (Å²) >= 11 is 0. The van der Waals surface area contributed by atoms with Crippen molar-refractivity contribution in [3.8, 4) is 5.75 Å². The van der Waals surface area contributed by atoms with Crippen LogP contribution in [0.1, 0.15) is 6.42 Å². The van der Waals surface area contributed by atoms with Gasteiger partial charge in [0, 0.05) is 12.6 Å². The maximum Gasteiger partial charge on any atom is 0.244 e. The molecule has 1 atom stereocenters. The number of methoxy groups -OCH3 is 1. The molecule has 1 aliphatic rings. The first-order valence-corrected chi connectivity index (χ1v) is 6.98. The Bertz CT molecular complexity index is 487. The molecular weight excluding hydrogens is 276 g/mol. The molecule has 102 valence electrons. The third-order valence-corrected chi connectivity index (χ3v) is 4.30. The smallest absolute Gasteiger partial charge is 0.244 e. The number of rotatable bonds is 4. The fourth-order valence-corrected chi connectivity index (χ4v) is 3.32. The highest BCUT2D eigenvalue weighted by Crippen LogP contribution is 2.23. The zero-order valence-corrected chi connectivity index (χ0v) is 11.7. The Morgan fingerprint density at radius 1 is 1.39 bits per heavy atom. The average molecular weight is 293 g/mol. The monoisotopic (exact) mass is 292 g/mol. The van der Waals surface area contributed by atoms with Gasteiger partial charge in [-0.1, -0.05) is 12.1 Å². The first kappa shape index (κ1) is 15.2. The van der Waals surface area contributed by atoms with E-state index in [1.807, 2.05) is 0 Å². The number of hydrogen-bond donors (Lipinski definition) is 2. The van der Waals surface area contributed by atoms with Gasteiger partial charge in [0.05, 0.1) is 7.11 Å². The van der Waals surface area contributed by atoms with Gasteiger partial charge in [0.1, 0.15) is 10.6 Å². The van der Waals surface area contributed by atoms with Crippen LogP contribution in [0.25, 0.3) is 0 Å². The molecule has 0 aliphatic carbocycles. The summed E-state index contributed by atoms with van der Waals surface area (Å²) in [5.41, 5.74) is 0. The van der Waals surface area contributed by atoms with Crippen molar-refractivity contribution >= 4 is 22.4 Å². The number of nitrogens with one attached hydrogen (secondary N) is 2. The lowest BCUT2D eigenvalue weighted by Gasteiger charge is -2.14. The molecule has 0 bridgehead atoms. The fraction of sp³-hybridized carbons (Fsp3) is 0.455. The second-order valence-electron chi connectivity index (χ2n) is 3.96. The molecule has 1 aliphatic heterocycles. The van der Waals surface area contributed by atoms with E-state index in [-0.39, 0.29) is 23.3 Å². The number of halogens is 1. The van der Waals surface area contributed by atoms with Gasteiger partial charge in [0.2, 0.25) is 10.0 Å². The van der Waals surface area contributed by atoms with E-state index in [4.69, 9.17) is 4.74 Å². The molecule has 1 saturated heterocycles. The summed E-state index contributed by atoms with van der Waals surface area (Å²) in [5.74, 6) is 0.367.